The summed E-state index contributed by atoms with van der Waals surface area (Å²) in [5.74, 6) is 1.97. The lowest BCUT2D eigenvalue weighted by atomic mass is 10.1. The Morgan fingerprint density at radius 3 is 2.75 bits per heavy atom. The molecule has 9 heteroatoms. The molecule has 0 unspecified atom stereocenters. The van der Waals surface area contributed by atoms with Crippen LogP contribution in [0.1, 0.15) is 30.2 Å². The van der Waals surface area contributed by atoms with E-state index in [-0.39, 0.29) is 17.7 Å². The van der Waals surface area contributed by atoms with Crippen molar-refractivity contribution in [1.29, 1.82) is 0 Å². The number of thiophene rings is 1. The summed E-state index contributed by atoms with van der Waals surface area (Å²) in [5, 5.41) is 7.18. The van der Waals surface area contributed by atoms with Gasteiger partial charge in [0, 0.05) is 38.5 Å². The molecule has 1 saturated carbocycles. The molecule has 2 atom stereocenters. The molecule has 3 heterocycles. The monoisotopic (exact) mass is 490 g/mol. The van der Waals surface area contributed by atoms with Gasteiger partial charge in [-0.2, -0.15) is 4.98 Å². The first-order valence-electron chi connectivity index (χ1n) is 10.9. The number of halogens is 2. The van der Waals surface area contributed by atoms with E-state index in [2.05, 4.69) is 15.0 Å². The van der Waals surface area contributed by atoms with Crippen LogP contribution in [0.15, 0.2) is 40.2 Å². The Bertz CT molecular complexity index is 1080. The second-order valence-corrected chi connectivity index (χ2v) is 10.1. The van der Waals surface area contributed by atoms with Crippen molar-refractivity contribution in [3.63, 3.8) is 0 Å². The fraction of sp³-hybridized carbons (Fsp3) is 0.435. The largest absolute Gasteiger partial charge is 0.340 e. The highest BCUT2D eigenvalue weighted by atomic mass is 35.5. The third-order valence-corrected chi connectivity index (χ3v) is 7.84. The van der Waals surface area contributed by atoms with E-state index < -0.39 is 0 Å². The first-order valence-corrected chi connectivity index (χ1v) is 12.5. The van der Waals surface area contributed by atoms with Crippen molar-refractivity contribution in [2.24, 2.45) is 5.92 Å². The Hall–Kier alpha value is -1.93. The summed E-state index contributed by atoms with van der Waals surface area (Å²) in [7, 11) is 0. The molecule has 1 amide bonds. The van der Waals surface area contributed by atoms with Gasteiger partial charge in [-0.3, -0.25) is 9.69 Å². The minimum absolute atomic E-state index is 0.0776. The van der Waals surface area contributed by atoms with Gasteiger partial charge in [-0.25, -0.2) is 0 Å². The summed E-state index contributed by atoms with van der Waals surface area (Å²) in [5.41, 5.74) is 1.11. The number of hydrogen-bond donors (Lipinski definition) is 0. The van der Waals surface area contributed by atoms with Gasteiger partial charge in [0.15, 0.2) is 0 Å². The van der Waals surface area contributed by atoms with Gasteiger partial charge in [-0.05, 0) is 54.4 Å². The predicted octanol–water partition coefficient (Wildman–Crippen LogP) is 4.99. The molecule has 0 bridgehead atoms. The number of nitrogens with zero attached hydrogens (tertiary/aromatic N) is 4. The lowest BCUT2D eigenvalue weighted by Gasteiger charge is -2.35. The Morgan fingerprint density at radius 1 is 1.16 bits per heavy atom. The van der Waals surface area contributed by atoms with E-state index in [4.69, 9.17) is 27.7 Å². The zero-order valence-electron chi connectivity index (χ0n) is 17.5. The Kier molecular flexibility index (Phi) is 6.51. The number of piperazine rings is 1. The molecular weight excluding hydrogens is 467 g/mol. The van der Waals surface area contributed by atoms with E-state index in [0.717, 1.165) is 62.4 Å². The number of aromatic nitrogens is 2. The van der Waals surface area contributed by atoms with Crippen molar-refractivity contribution in [3.8, 4) is 10.7 Å². The van der Waals surface area contributed by atoms with E-state index >= 15 is 0 Å². The summed E-state index contributed by atoms with van der Waals surface area (Å²) >= 11 is 13.8. The van der Waals surface area contributed by atoms with E-state index in [0.29, 0.717) is 21.8 Å². The molecule has 5 rings (SSSR count). The Labute approximate surface area is 201 Å². The van der Waals surface area contributed by atoms with E-state index in [1.807, 2.05) is 40.6 Å². The average molecular weight is 491 g/mol. The molecule has 2 aliphatic rings. The molecule has 2 fully saturated rings. The van der Waals surface area contributed by atoms with Gasteiger partial charge in [0.1, 0.15) is 0 Å². The summed E-state index contributed by atoms with van der Waals surface area (Å²) in [4.78, 5) is 22.9. The number of amides is 1. The van der Waals surface area contributed by atoms with Crippen LogP contribution in [0, 0.1) is 5.92 Å². The van der Waals surface area contributed by atoms with Gasteiger partial charge < -0.3 is 9.42 Å². The van der Waals surface area contributed by atoms with Crippen molar-refractivity contribution in [3.05, 3.63) is 57.2 Å². The molecule has 1 aliphatic heterocycles. The molecule has 1 aliphatic carbocycles. The minimum Gasteiger partial charge on any atom is -0.340 e. The van der Waals surface area contributed by atoms with Crippen molar-refractivity contribution in [1.82, 2.24) is 19.9 Å². The lowest BCUT2D eigenvalue weighted by Crippen LogP contribution is -2.49. The maximum absolute atomic E-state index is 12.9. The van der Waals surface area contributed by atoms with Crippen LogP contribution >= 0.6 is 34.5 Å². The number of carbonyl (C=O) groups is 1. The van der Waals surface area contributed by atoms with Crippen molar-refractivity contribution >= 4 is 40.4 Å². The molecule has 2 aromatic heterocycles. The lowest BCUT2D eigenvalue weighted by molar-refractivity contribution is -0.134. The Balaban J connectivity index is 1.04. The predicted molar refractivity (Wildman–Crippen MR) is 126 cm³/mol. The number of rotatable bonds is 7. The third kappa shape index (κ3) is 4.86. The normalized spacial score (nSPS) is 21.1. The second-order valence-electron chi connectivity index (χ2n) is 8.38. The second kappa shape index (κ2) is 9.51. The summed E-state index contributed by atoms with van der Waals surface area (Å²) in [6, 6.07) is 9.67. The van der Waals surface area contributed by atoms with Crippen molar-refractivity contribution < 1.29 is 9.32 Å². The highest BCUT2D eigenvalue weighted by Gasteiger charge is 2.46. The van der Waals surface area contributed by atoms with E-state index in [1.165, 1.54) is 0 Å². The molecule has 0 spiro atoms. The summed E-state index contributed by atoms with van der Waals surface area (Å²) in [6.07, 6.45) is 2.63. The van der Waals surface area contributed by atoms with Crippen LogP contribution in [-0.4, -0.2) is 58.6 Å². The highest BCUT2D eigenvalue weighted by molar-refractivity contribution is 7.13. The summed E-state index contributed by atoms with van der Waals surface area (Å²) in [6.45, 7) is 4.34. The van der Waals surface area contributed by atoms with Gasteiger partial charge in [-0.15, -0.1) is 11.3 Å². The molecular formula is C23H24Cl2N4O2S. The van der Waals surface area contributed by atoms with E-state index in [1.54, 1.807) is 11.3 Å². The molecule has 3 aromatic rings. The Morgan fingerprint density at radius 2 is 2.00 bits per heavy atom. The van der Waals surface area contributed by atoms with Crippen LogP contribution in [0.5, 0.6) is 0 Å². The van der Waals surface area contributed by atoms with E-state index in [9.17, 15) is 4.79 Å². The van der Waals surface area contributed by atoms with Gasteiger partial charge >= 0.3 is 0 Å². The van der Waals surface area contributed by atoms with Crippen LogP contribution in [0.4, 0.5) is 0 Å². The van der Waals surface area contributed by atoms with Crippen LogP contribution in [-0.2, 0) is 11.2 Å². The number of benzene rings is 1. The minimum atomic E-state index is 0.0776. The zero-order valence-corrected chi connectivity index (χ0v) is 19.9. The molecule has 0 N–H and O–H groups in total. The SMILES string of the molecule is O=C([C@H]1C[C@H]1c1ccc(Cl)c(Cl)c1)N1CCN(CCCc2nc(-c3cccs3)no2)CC1. The molecule has 32 heavy (non-hydrogen) atoms. The highest BCUT2D eigenvalue weighted by Crippen LogP contribution is 2.49. The number of aryl methyl sites for hydroxylation is 1. The maximum atomic E-state index is 12.9. The smallest absolute Gasteiger partial charge is 0.227 e. The van der Waals surface area contributed by atoms with Gasteiger partial charge in [0.2, 0.25) is 17.6 Å². The summed E-state index contributed by atoms with van der Waals surface area (Å²) < 4.78 is 5.38. The standard InChI is InChI=1S/C23H24Cl2N4O2S/c24-18-6-5-15(13-19(18)25)16-14-17(16)23(30)29-10-8-28(9-11-29)7-1-4-21-26-22(27-31-21)20-3-2-12-32-20/h2-3,5-6,12-13,16-17H,1,4,7-11,14H2/t16-,17-/m0/s1. The molecule has 168 valence electrons. The van der Waals surface area contributed by atoms with Gasteiger partial charge in [-0.1, -0.05) is 40.5 Å². The first-order chi connectivity index (χ1) is 15.6. The zero-order chi connectivity index (χ0) is 22.1. The number of carbonyl (C=O) groups excluding carboxylic acids is 1. The molecule has 6 nitrogen and oxygen atoms in total. The maximum Gasteiger partial charge on any atom is 0.227 e. The van der Waals surface area contributed by atoms with Gasteiger partial charge in [0.05, 0.1) is 14.9 Å². The van der Waals surface area contributed by atoms with Crippen LogP contribution < -0.4 is 0 Å². The van der Waals surface area contributed by atoms with Crippen molar-refractivity contribution in [2.45, 2.75) is 25.2 Å². The third-order valence-electron chi connectivity index (χ3n) is 6.24. The van der Waals surface area contributed by atoms with Crippen LogP contribution in [0.25, 0.3) is 10.7 Å². The topological polar surface area (TPSA) is 62.5 Å². The molecule has 1 saturated heterocycles. The molecule has 1 aromatic carbocycles. The quantitative estimate of drug-likeness (QED) is 0.466. The fourth-order valence-electron chi connectivity index (χ4n) is 4.32. The van der Waals surface area contributed by atoms with Crippen molar-refractivity contribution in [2.75, 3.05) is 32.7 Å². The number of hydrogen-bond acceptors (Lipinski definition) is 6. The van der Waals surface area contributed by atoms with Crippen LogP contribution in [0.3, 0.4) is 0 Å². The average Bonchev–Trinajstić information content (AvgIpc) is 3.18. The molecule has 0 radical (unpaired) electrons. The first kappa shape index (κ1) is 21.9. The fourth-order valence-corrected chi connectivity index (χ4v) is 5.28. The van der Waals surface area contributed by atoms with Gasteiger partial charge in [0.25, 0.3) is 0 Å². The van der Waals surface area contributed by atoms with Crippen LogP contribution in [0.2, 0.25) is 10.0 Å².